The molecule has 6 heteroatoms. The number of rotatable bonds is 2. The van der Waals surface area contributed by atoms with E-state index in [9.17, 15) is 4.79 Å². The molecule has 1 N–H and O–H groups in total. The van der Waals surface area contributed by atoms with Crippen LogP contribution in [0.5, 0.6) is 0 Å². The average Bonchev–Trinajstić information content (AvgIpc) is 2.59. The Morgan fingerprint density at radius 3 is 2.40 bits per heavy atom. The molecule has 1 saturated heterocycles. The maximum atomic E-state index is 11.8. The predicted molar refractivity (Wildman–Crippen MR) is 79.4 cm³/mol. The van der Waals surface area contributed by atoms with Gasteiger partial charge in [0.15, 0.2) is 0 Å². The molecular weight excluding hydrogens is 255 g/mol. The van der Waals surface area contributed by atoms with Gasteiger partial charge in [0.2, 0.25) is 0 Å². The van der Waals surface area contributed by atoms with Gasteiger partial charge >= 0.3 is 13.1 Å². The molecule has 20 heavy (non-hydrogen) atoms. The summed E-state index contributed by atoms with van der Waals surface area (Å²) in [4.78, 5) is 13.6. The Morgan fingerprint density at radius 1 is 1.35 bits per heavy atom. The minimum absolute atomic E-state index is 0.00304. The van der Waals surface area contributed by atoms with E-state index in [2.05, 4.69) is 39.1 Å². The van der Waals surface area contributed by atoms with Crippen LogP contribution in [-0.2, 0) is 9.31 Å². The predicted octanol–water partition coefficient (Wildman–Crippen LogP) is 1.98. The van der Waals surface area contributed by atoms with Crippen LogP contribution < -0.4 is 5.32 Å². The van der Waals surface area contributed by atoms with Crippen LogP contribution in [0.25, 0.3) is 0 Å². The van der Waals surface area contributed by atoms with Crippen LogP contribution in [0.15, 0.2) is 11.5 Å². The first-order chi connectivity index (χ1) is 9.27. The smallest absolute Gasteiger partial charge is 0.400 e. The highest BCUT2D eigenvalue weighted by molar-refractivity contribution is 6.54. The van der Waals surface area contributed by atoms with E-state index in [0.717, 1.165) is 11.9 Å². The van der Waals surface area contributed by atoms with Crippen LogP contribution in [0.2, 0.25) is 0 Å². The lowest BCUT2D eigenvalue weighted by atomic mass is 9.75. The van der Waals surface area contributed by atoms with Gasteiger partial charge in [0.25, 0.3) is 0 Å². The zero-order chi connectivity index (χ0) is 15.0. The quantitative estimate of drug-likeness (QED) is 0.787. The van der Waals surface area contributed by atoms with Crippen molar-refractivity contribution in [1.82, 2.24) is 10.2 Å². The Kier molecular flexibility index (Phi) is 4.16. The molecule has 0 radical (unpaired) electrons. The maximum absolute atomic E-state index is 11.8. The molecule has 2 rings (SSSR count). The molecule has 0 unspecified atom stereocenters. The third-order valence-corrected chi connectivity index (χ3v) is 4.42. The van der Waals surface area contributed by atoms with Gasteiger partial charge in [-0.2, -0.15) is 0 Å². The molecule has 0 bridgehead atoms. The first-order valence-electron chi connectivity index (χ1n) is 7.34. The second-order valence-electron chi connectivity index (χ2n) is 6.40. The van der Waals surface area contributed by atoms with Crippen LogP contribution in [0.3, 0.4) is 0 Å². The lowest BCUT2D eigenvalue weighted by Crippen LogP contribution is -2.43. The lowest BCUT2D eigenvalue weighted by molar-refractivity contribution is 0.00578. The molecule has 2 heterocycles. The summed E-state index contributed by atoms with van der Waals surface area (Å²) in [5.74, 6) is 0. The van der Waals surface area contributed by atoms with Crippen molar-refractivity contribution in [3.05, 3.63) is 11.5 Å². The molecular formula is C14H25BN2O3. The third-order valence-electron chi connectivity index (χ3n) is 4.42. The Morgan fingerprint density at radius 2 is 1.95 bits per heavy atom. The molecule has 2 aliphatic rings. The van der Waals surface area contributed by atoms with E-state index in [-0.39, 0.29) is 24.4 Å². The summed E-state index contributed by atoms with van der Waals surface area (Å²) in [6, 6.07) is -0.00304. The van der Waals surface area contributed by atoms with Crippen LogP contribution in [0.1, 0.15) is 41.0 Å². The standard InChI is InChI=1S/C14H25BN2O3/c1-6-16-12(18)17-9-7-11(8-10-17)15-19-13(2,3)14(4,5)20-15/h7H,6,8-10H2,1-5H3,(H,16,18). The molecule has 1 fully saturated rings. The molecule has 0 aromatic rings. The summed E-state index contributed by atoms with van der Waals surface area (Å²) in [5.41, 5.74) is 0.522. The second-order valence-corrected chi connectivity index (χ2v) is 6.40. The van der Waals surface area contributed by atoms with Gasteiger partial charge in [-0.15, -0.1) is 0 Å². The minimum atomic E-state index is -0.310. The van der Waals surface area contributed by atoms with Crippen molar-refractivity contribution in [3.63, 3.8) is 0 Å². The lowest BCUT2D eigenvalue weighted by Gasteiger charge is -2.32. The van der Waals surface area contributed by atoms with Gasteiger partial charge in [0, 0.05) is 19.6 Å². The summed E-state index contributed by atoms with van der Waals surface area (Å²) in [6.07, 6.45) is 2.86. The Hall–Kier alpha value is -1.01. The van der Waals surface area contributed by atoms with Gasteiger partial charge in [0.1, 0.15) is 0 Å². The van der Waals surface area contributed by atoms with Gasteiger partial charge in [-0.3, -0.25) is 0 Å². The molecule has 0 atom stereocenters. The van der Waals surface area contributed by atoms with Crippen LogP contribution in [0.4, 0.5) is 4.79 Å². The highest BCUT2D eigenvalue weighted by Crippen LogP contribution is 2.39. The van der Waals surface area contributed by atoms with Crippen molar-refractivity contribution in [2.75, 3.05) is 19.6 Å². The van der Waals surface area contributed by atoms with Crippen molar-refractivity contribution >= 4 is 13.1 Å². The number of urea groups is 1. The van der Waals surface area contributed by atoms with Gasteiger partial charge in [0.05, 0.1) is 11.2 Å². The zero-order valence-corrected chi connectivity index (χ0v) is 13.2. The molecule has 0 saturated carbocycles. The van der Waals surface area contributed by atoms with Crippen molar-refractivity contribution in [2.45, 2.75) is 52.2 Å². The zero-order valence-electron chi connectivity index (χ0n) is 13.2. The number of hydrogen-bond acceptors (Lipinski definition) is 3. The van der Waals surface area contributed by atoms with E-state index < -0.39 is 0 Å². The first kappa shape index (κ1) is 15.4. The highest BCUT2D eigenvalue weighted by Gasteiger charge is 2.52. The summed E-state index contributed by atoms with van der Waals surface area (Å²) in [5, 5.41) is 2.82. The van der Waals surface area contributed by atoms with Crippen LogP contribution >= 0.6 is 0 Å². The normalized spacial score (nSPS) is 24.6. The summed E-state index contributed by atoms with van der Waals surface area (Å²) >= 11 is 0. The minimum Gasteiger partial charge on any atom is -0.400 e. The maximum Gasteiger partial charge on any atom is 0.490 e. The van der Waals surface area contributed by atoms with Crippen molar-refractivity contribution in [1.29, 1.82) is 0 Å². The molecule has 0 aromatic carbocycles. The highest BCUT2D eigenvalue weighted by atomic mass is 16.7. The van der Waals surface area contributed by atoms with Crippen LogP contribution in [-0.4, -0.2) is 48.9 Å². The van der Waals surface area contributed by atoms with E-state index in [1.165, 1.54) is 0 Å². The number of carbonyl (C=O) groups is 1. The number of nitrogens with zero attached hydrogens (tertiary/aromatic N) is 1. The first-order valence-corrected chi connectivity index (χ1v) is 7.34. The molecule has 0 aromatic heterocycles. The summed E-state index contributed by atoms with van der Waals surface area (Å²) < 4.78 is 12.1. The monoisotopic (exact) mass is 280 g/mol. The molecule has 2 aliphatic heterocycles. The molecule has 2 amide bonds. The molecule has 0 aliphatic carbocycles. The fourth-order valence-electron chi connectivity index (χ4n) is 2.34. The number of carbonyl (C=O) groups excluding carboxylic acids is 1. The SMILES string of the molecule is CCNC(=O)N1CC=C(B2OC(C)(C)C(C)(C)O2)CC1. The molecule has 112 valence electrons. The fourth-order valence-corrected chi connectivity index (χ4v) is 2.34. The van der Waals surface area contributed by atoms with Gasteiger partial charge in [-0.1, -0.05) is 6.08 Å². The molecule has 0 spiro atoms. The van der Waals surface area contributed by atoms with Crippen molar-refractivity contribution in [3.8, 4) is 0 Å². The summed E-state index contributed by atoms with van der Waals surface area (Å²) in [6.45, 7) is 12.1. The number of hydrogen-bond donors (Lipinski definition) is 1. The van der Waals surface area contributed by atoms with E-state index in [4.69, 9.17) is 9.31 Å². The molecule has 5 nitrogen and oxygen atoms in total. The summed E-state index contributed by atoms with van der Waals surface area (Å²) in [7, 11) is -0.281. The van der Waals surface area contributed by atoms with E-state index >= 15 is 0 Å². The van der Waals surface area contributed by atoms with Crippen molar-refractivity contribution < 1.29 is 14.1 Å². The van der Waals surface area contributed by atoms with Crippen LogP contribution in [0, 0.1) is 0 Å². The van der Waals surface area contributed by atoms with Crippen molar-refractivity contribution in [2.24, 2.45) is 0 Å². The van der Waals surface area contributed by atoms with Gasteiger partial charge < -0.3 is 19.5 Å². The number of nitrogens with one attached hydrogen (secondary N) is 1. The Labute approximate surface area is 121 Å². The average molecular weight is 280 g/mol. The van der Waals surface area contributed by atoms with Gasteiger partial charge in [-0.25, -0.2) is 4.79 Å². The van der Waals surface area contributed by atoms with E-state index in [1.807, 2.05) is 6.92 Å². The van der Waals surface area contributed by atoms with E-state index in [1.54, 1.807) is 4.90 Å². The number of amides is 2. The second kappa shape index (κ2) is 5.41. The fraction of sp³-hybridized carbons (Fsp3) is 0.786. The Balaban J connectivity index is 1.98. The Bertz CT molecular complexity index is 405. The third kappa shape index (κ3) is 2.86. The largest absolute Gasteiger partial charge is 0.490 e. The topological polar surface area (TPSA) is 50.8 Å². The van der Waals surface area contributed by atoms with E-state index in [0.29, 0.717) is 19.6 Å². The van der Waals surface area contributed by atoms with Gasteiger partial charge in [-0.05, 0) is 46.5 Å².